The van der Waals surface area contributed by atoms with Crippen molar-refractivity contribution in [3.8, 4) is 11.3 Å². The SMILES string of the molecule is O=C(O)c1cc(C(=O)O)cc(-c2ccc(C=C3SC(=O)N(Cc4ccccc4)C3=O)o2)c1. The standard InChI is InChI=1S/C23H15NO7S/c25-20-19(32-23(30)24(20)12-13-4-2-1-3-5-13)11-17-6-7-18(31-17)14-8-15(21(26)27)10-16(9-14)22(28)29/h1-11H,12H2,(H,26,27)(H,28,29). The minimum atomic E-state index is -1.27. The van der Waals surface area contributed by atoms with Crippen LogP contribution in [0.4, 0.5) is 4.79 Å². The van der Waals surface area contributed by atoms with E-state index in [9.17, 15) is 29.4 Å². The summed E-state index contributed by atoms with van der Waals surface area (Å²) in [5.41, 5.74) is 0.697. The molecule has 1 aliphatic heterocycles. The third-order valence-corrected chi connectivity index (χ3v) is 5.58. The number of carbonyl (C=O) groups is 4. The number of nitrogens with zero attached hydrogens (tertiary/aromatic N) is 1. The van der Waals surface area contributed by atoms with Crippen LogP contribution in [0.1, 0.15) is 32.0 Å². The molecule has 9 heteroatoms. The molecule has 2 aromatic carbocycles. The van der Waals surface area contributed by atoms with Gasteiger partial charge in [0, 0.05) is 11.6 Å². The zero-order valence-corrected chi connectivity index (χ0v) is 17.2. The number of imide groups is 1. The molecule has 0 radical (unpaired) electrons. The van der Waals surface area contributed by atoms with Crippen molar-refractivity contribution in [2.24, 2.45) is 0 Å². The number of thioether (sulfide) groups is 1. The molecule has 3 aromatic rings. The van der Waals surface area contributed by atoms with E-state index < -0.39 is 23.1 Å². The van der Waals surface area contributed by atoms with Crippen LogP contribution in [0.25, 0.3) is 17.4 Å². The Labute approximate surface area is 185 Å². The van der Waals surface area contributed by atoms with Gasteiger partial charge in [-0.2, -0.15) is 0 Å². The molecule has 32 heavy (non-hydrogen) atoms. The van der Waals surface area contributed by atoms with Crippen LogP contribution in [-0.4, -0.2) is 38.2 Å². The van der Waals surface area contributed by atoms with Crippen molar-refractivity contribution in [1.82, 2.24) is 4.90 Å². The highest BCUT2D eigenvalue weighted by Gasteiger charge is 2.35. The summed E-state index contributed by atoms with van der Waals surface area (Å²) in [7, 11) is 0. The molecule has 1 fully saturated rings. The normalized spacial score (nSPS) is 14.9. The van der Waals surface area contributed by atoms with E-state index in [1.54, 1.807) is 6.07 Å². The predicted molar refractivity (Wildman–Crippen MR) is 116 cm³/mol. The number of furan rings is 1. The highest BCUT2D eigenvalue weighted by atomic mass is 32.2. The zero-order chi connectivity index (χ0) is 22.8. The number of aromatic carboxylic acids is 2. The highest BCUT2D eigenvalue weighted by molar-refractivity contribution is 8.18. The molecule has 0 aliphatic carbocycles. The lowest BCUT2D eigenvalue weighted by molar-refractivity contribution is -0.123. The first kappa shape index (κ1) is 21.1. The van der Waals surface area contributed by atoms with Gasteiger partial charge in [-0.15, -0.1) is 0 Å². The molecule has 0 unspecified atom stereocenters. The molecular formula is C23H15NO7S. The maximum absolute atomic E-state index is 12.7. The molecule has 2 heterocycles. The molecule has 0 bridgehead atoms. The smallest absolute Gasteiger partial charge is 0.335 e. The molecular weight excluding hydrogens is 434 g/mol. The summed E-state index contributed by atoms with van der Waals surface area (Å²) in [6, 6.07) is 15.9. The van der Waals surface area contributed by atoms with Gasteiger partial charge < -0.3 is 14.6 Å². The van der Waals surface area contributed by atoms with Crippen molar-refractivity contribution in [2.75, 3.05) is 0 Å². The maximum atomic E-state index is 12.7. The first-order valence-corrected chi connectivity index (χ1v) is 10.1. The van der Waals surface area contributed by atoms with Gasteiger partial charge in [-0.1, -0.05) is 30.3 Å². The van der Waals surface area contributed by atoms with E-state index in [0.717, 1.165) is 28.3 Å². The molecule has 0 atom stereocenters. The van der Waals surface area contributed by atoms with E-state index >= 15 is 0 Å². The van der Waals surface area contributed by atoms with Crippen molar-refractivity contribution < 1.29 is 33.8 Å². The van der Waals surface area contributed by atoms with Gasteiger partial charge in [-0.05, 0) is 47.7 Å². The van der Waals surface area contributed by atoms with Crippen molar-refractivity contribution >= 4 is 40.9 Å². The monoisotopic (exact) mass is 449 g/mol. The number of amides is 2. The molecule has 1 aromatic heterocycles. The lowest BCUT2D eigenvalue weighted by atomic mass is 10.0. The third-order valence-electron chi connectivity index (χ3n) is 4.67. The number of carboxylic acid groups (broad SMARTS) is 2. The first-order valence-electron chi connectivity index (χ1n) is 9.33. The average molecular weight is 449 g/mol. The van der Waals surface area contributed by atoms with Gasteiger partial charge in [-0.3, -0.25) is 14.5 Å². The fourth-order valence-corrected chi connectivity index (χ4v) is 3.95. The summed E-state index contributed by atoms with van der Waals surface area (Å²) in [6.45, 7) is 0.159. The molecule has 2 amide bonds. The Kier molecular flexibility index (Phi) is 5.65. The topological polar surface area (TPSA) is 125 Å². The van der Waals surface area contributed by atoms with Gasteiger partial charge in [0.15, 0.2) is 0 Å². The lowest BCUT2D eigenvalue weighted by Gasteiger charge is -2.11. The molecule has 8 nitrogen and oxygen atoms in total. The second-order valence-corrected chi connectivity index (χ2v) is 7.86. The number of carbonyl (C=O) groups excluding carboxylic acids is 2. The predicted octanol–water partition coefficient (Wildman–Crippen LogP) is 4.58. The highest BCUT2D eigenvalue weighted by Crippen LogP contribution is 2.34. The van der Waals surface area contributed by atoms with Gasteiger partial charge in [0.1, 0.15) is 11.5 Å². The third kappa shape index (κ3) is 4.33. The van der Waals surface area contributed by atoms with E-state index in [-0.39, 0.29) is 39.7 Å². The van der Waals surface area contributed by atoms with E-state index in [4.69, 9.17) is 4.42 Å². The number of rotatable bonds is 6. The maximum Gasteiger partial charge on any atom is 0.335 e. The molecule has 1 saturated heterocycles. The summed E-state index contributed by atoms with van der Waals surface area (Å²) in [5, 5.41) is 18.1. The molecule has 1 aliphatic rings. The Hall–Kier alpha value is -4.11. The Bertz CT molecular complexity index is 1240. The van der Waals surface area contributed by atoms with E-state index in [0.29, 0.717) is 0 Å². The second kappa shape index (κ2) is 8.56. The molecule has 0 saturated carbocycles. The fourth-order valence-electron chi connectivity index (χ4n) is 3.13. The lowest BCUT2D eigenvalue weighted by Crippen LogP contribution is -2.27. The van der Waals surface area contributed by atoms with Gasteiger partial charge in [-0.25, -0.2) is 9.59 Å². The number of carboxylic acids is 2. The summed E-state index contributed by atoms with van der Waals surface area (Å²) < 4.78 is 5.68. The van der Waals surface area contributed by atoms with Crippen LogP contribution < -0.4 is 0 Å². The van der Waals surface area contributed by atoms with Crippen molar-refractivity contribution in [3.05, 3.63) is 88.0 Å². The van der Waals surface area contributed by atoms with Crippen molar-refractivity contribution in [1.29, 1.82) is 0 Å². The Morgan fingerprint density at radius 3 is 2.22 bits per heavy atom. The van der Waals surface area contributed by atoms with Crippen molar-refractivity contribution in [3.63, 3.8) is 0 Å². The first-order chi connectivity index (χ1) is 15.3. The van der Waals surface area contributed by atoms with Gasteiger partial charge in [0.25, 0.3) is 11.1 Å². The van der Waals surface area contributed by atoms with Crippen LogP contribution in [0.2, 0.25) is 0 Å². The van der Waals surface area contributed by atoms with Gasteiger partial charge >= 0.3 is 11.9 Å². The van der Waals surface area contributed by atoms with Crippen LogP contribution >= 0.6 is 11.8 Å². The summed E-state index contributed by atoms with van der Waals surface area (Å²) in [6.07, 6.45) is 1.43. The molecule has 0 spiro atoms. The van der Waals surface area contributed by atoms with Crippen LogP contribution in [0.3, 0.4) is 0 Å². The van der Waals surface area contributed by atoms with Crippen molar-refractivity contribution in [2.45, 2.75) is 6.54 Å². The molecule has 2 N–H and O–H groups in total. The van der Waals surface area contributed by atoms with E-state index in [2.05, 4.69) is 0 Å². The zero-order valence-electron chi connectivity index (χ0n) is 16.3. The Morgan fingerprint density at radius 1 is 0.938 bits per heavy atom. The molecule has 160 valence electrons. The number of hydrogen-bond donors (Lipinski definition) is 2. The summed E-state index contributed by atoms with van der Waals surface area (Å²) in [5.74, 6) is -2.49. The largest absolute Gasteiger partial charge is 0.478 e. The molecule has 4 rings (SSSR count). The van der Waals surface area contributed by atoms with Crippen LogP contribution in [-0.2, 0) is 11.3 Å². The summed E-state index contributed by atoms with van der Waals surface area (Å²) >= 11 is 0.797. The second-order valence-electron chi connectivity index (χ2n) is 6.86. The minimum Gasteiger partial charge on any atom is -0.478 e. The van der Waals surface area contributed by atoms with E-state index in [1.165, 1.54) is 24.3 Å². The van der Waals surface area contributed by atoms with Crippen LogP contribution in [0, 0.1) is 0 Å². The van der Waals surface area contributed by atoms with Gasteiger partial charge in [0.2, 0.25) is 0 Å². The Balaban J connectivity index is 1.59. The average Bonchev–Trinajstić information content (AvgIpc) is 3.34. The number of benzene rings is 2. The van der Waals surface area contributed by atoms with Crippen LogP contribution in [0.5, 0.6) is 0 Å². The van der Waals surface area contributed by atoms with E-state index in [1.807, 2.05) is 30.3 Å². The van der Waals surface area contributed by atoms with Crippen LogP contribution in [0.15, 0.2) is 70.0 Å². The Morgan fingerprint density at radius 2 is 1.59 bits per heavy atom. The summed E-state index contributed by atoms with van der Waals surface area (Å²) in [4.78, 5) is 49.0. The minimum absolute atomic E-state index is 0.159. The number of hydrogen-bond acceptors (Lipinski definition) is 6. The quantitative estimate of drug-likeness (QED) is 0.524. The van der Waals surface area contributed by atoms with Gasteiger partial charge in [0.05, 0.1) is 22.6 Å². The fraction of sp³-hybridized carbons (Fsp3) is 0.0435.